The maximum absolute atomic E-state index is 14.0. The summed E-state index contributed by atoms with van der Waals surface area (Å²) in [5.74, 6) is -6.13. The quantitative estimate of drug-likeness (QED) is 0.190. The van der Waals surface area contributed by atoms with Gasteiger partial charge in [0.15, 0.2) is 34.2 Å². The van der Waals surface area contributed by atoms with Crippen LogP contribution in [0.3, 0.4) is 0 Å². The number of aromatic nitrogens is 2. The van der Waals surface area contributed by atoms with Crippen molar-refractivity contribution in [3.8, 4) is 0 Å². The zero-order chi connectivity index (χ0) is 25.1. The van der Waals surface area contributed by atoms with Gasteiger partial charge in [0, 0.05) is 23.2 Å². The molecule has 0 radical (unpaired) electrons. The van der Waals surface area contributed by atoms with Crippen LogP contribution in [0.4, 0.5) is 28.4 Å². The molecule has 2 heterocycles. The molecular weight excluding hydrogens is 504 g/mol. The summed E-state index contributed by atoms with van der Waals surface area (Å²) in [6, 6.07) is 1.64. The summed E-state index contributed by atoms with van der Waals surface area (Å²) in [6.07, 6.45) is 7.33. The van der Waals surface area contributed by atoms with E-state index >= 15 is 0 Å². The van der Waals surface area contributed by atoms with E-state index in [9.17, 15) is 22.4 Å². The lowest BCUT2D eigenvalue weighted by molar-refractivity contribution is 0.0601. The Morgan fingerprint density at radius 2 is 1.80 bits per heavy atom. The third kappa shape index (κ3) is 5.48. The van der Waals surface area contributed by atoms with E-state index in [1.807, 2.05) is 0 Å². The zero-order valence-corrected chi connectivity index (χ0v) is 20.4. The van der Waals surface area contributed by atoms with E-state index in [0.29, 0.717) is 10.6 Å². The Hall–Kier alpha value is -2.99. The average Bonchev–Trinajstić information content (AvgIpc) is 3.38. The first-order chi connectivity index (χ1) is 16.8. The Labute approximate surface area is 208 Å². The molecule has 2 N–H and O–H groups in total. The van der Waals surface area contributed by atoms with Crippen LogP contribution < -0.4 is 10.6 Å². The molecule has 0 saturated heterocycles. The van der Waals surface area contributed by atoms with Crippen LogP contribution in [0.5, 0.6) is 0 Å². The number of benzene rings is 1. The molecule has 1 aliphatic carbocycles. The van der Waals surface area contributed by atoms with Gasteiger partial charge in [-0.3, -0.25) is 4.68 Å². The second-order valence-electron chi connectivity index (χ2n) is 8.04. The van der Waals surface area contributed by atoms with Gasteiger partial charge in [0.05, 0.1) is 24.8 Å². The van der Waals surface area contributed by atoms with Crippen LogP contribution in [0.25, 0.3) is 0 Å². The van der Waals surface area contributed by atoms with Crippen LogP contribution in [0.2, 0.25) is 0 Å². The molecule has 4 rings (SSSR count). The number of rotatable bonds is 5. The van der Waals surface area contributed by atoms with Gasteiger partial charge in [-0.2, -0.15) is 5.10 Å². The molecule has 6 nitrogen and oxygen atoms in total. The maximum atomic E-state index is 14.0. The van der Waals surface area contributed by atoms with Crippen LogP contribution in [0.1, 0.15) is 52.0 Å². The first-order valence-electron chi connectivity index (χ1n) is 10.9. The molecule has 0 saturated carbocycles. The van der Waals surface area contributed by atoms with Crippen molar-refractivity contribution in [2.75, 3.05) is 17.7 Å². The fourth-order valence-electron chi connectivity index (χ4n) is 4.02. The van der Waals surface area contributed by atoms with Crippen molar-refractivity contribution in [3.05, 3.63) is 63.2 Å². The van der Waals surface area contributed by atoms with Crippen LogP contribution in [0, 0.1) is 23.3 Å². The van der Waals surface area contributed by atoms with E-state index < -0.39 is 41.3 Å². The molecule has 2 aromatic heterocycles. The Kier molecular flexibility index (Phi) is 7.70. The average molecular weight is 527 g/mol. The second-order valence-corrected chi connectivity index (χ2v) is 9.55. The summed E-state index contributed by atoms with van der Waals surface area (Å²) >= 11 is 6.83. The van der Waals surface area contributed by atoms with Gasteiger partial charge in [-0.15, -0.1) is 11.3 Å². The molecule has 0 atom stereocenters. The number of carbonyl (C=O) groups is 1. The van der Waals surface area contributed by atoms with Crippen molar-refractivity contribution in [2.24, 2.45) is 0 Å². The van der Waals surface area contributed by atoms with Gasteiger partial charge in [0.25, 0.3) is 0 Å². The fraction of sp³-hybridized carbons (Fsp3) is 0.348. The molecule has 1 aromatic carbocycles. The highest BCUT2D eigenvalue weighted by Gasteiger charge is 2.25. The number of methoxy groups -OCH3 is 1. The number of hydrogen-bond acceptors (Lipinski definition) is 5. The molecule has 0 spiro atoms. The molecular formula is C23H22F4N4O2S2. The van der Waals surface area contributed by atoms with E-state index in [1.54, 1.807) is 0 Å². The maximum Gasteiger partial charge on any atom is 0.341 e. The Morgan fingerprint density at radius 1 is 1.11 bits per heavy atom. The number of aryl methyl sites for hydroxylation is 1. The number of fused-ring (bicyclic) bond motifs is 1. The topological polar surface area (TPSA) is 68.2 Å². The minimum absolute atomic E-state index is 0.142. The summed E-state index contributed by atoms with van der Waals surface area (Å²) in [6.45, 7) is -0.529. The van der Waals surface area contributed by atoms with Gasteiger partial charge < -0.3 is 15.4 Å². The predicted molar refractivity (Wildman–Crippen MR) is 129 cm³/mol. The van der Waals surface area contributed by atoms with Crippen LogP contribution in [-0.2, 0) is 24.1 Å². The molecule has 0 bridgehead atoms. The summed E-state index contributed by atoms with van der Waals surface area (Å²) in [7, 11) is 1.33. The summed E-state index contributed by atoms with van der Waals surface area (Å²) in [4.78, 5) is 13.7. The first kappa shape index (κ1) is 25.1. The highest BCUT2D eigenvalue weighted by molar-refractivity contribution is 7.80. The van der Waals surface area contributed by atoms with Gasteiger partial charge in [0.1, 0.15) is 5.00 Å². The number of ether oxygens (including phenoxy) is 1. The minimum atomic E-state index is -1.48. The predicted octanol–water partition coefficient (Wildman–Crippen LogP) is 5.80. The molecule has 0 aliphatic heterocycles. The first-order valence-corrected chi connectivity index (χ1v) is 12.2. The van der Waals surface area contributed by atoms with E-state index in [0.717, 1.165) is 53.6 Å². The van der Waals surface area contributed by atoms with Crippen molar-refractivity contribution < 1.29 is 27.1 Å². The van der Waals surface area contributed by atoms with E-state index in [-0.39, 0.29) is 17.0 Å². The highest BCUT2D eigenvalue weighted by Crippen LogP contribution is 2.37. The standard InChI is InChI=1S/C23H22F4N4O2S2/c1-33-22(32)18-12-6-4-2-3-5-7-16(12)35-21(18)29-23(34)28-17-8-9-31(30-17)11-13-19(26)14(24)10-15(25)20(13)27/h8-10H,2-7,11H2,1H3,(H2,28,29,30,34). The van der Waals surface area contributed by atoms with Crippen molar-refractivity contribution in [1.82, 2.24) is 9.78 Å². The number of thiophene rings is 1. The fourth-order valence-corrected chi connectivity index (χ4v) is 5.57. The summed E-state index contributed by atoms with van der Waals surface area (Å²) < 4.78 is 61.0. The summed E-state index contributed by atoms with van der Waals surface area (Å²) in [5, 5.41) is 10.7. The number of anilines is 2. The Bertz CT molecular complexity index is 1250. The third-order valence-corrected chi connectivity index (χ3v) is 7.10. The smallest absolute Gasteiger partial charge is 0.341 e. The van der Waals surface area contributed by atoms with Gasteiger partial charge >= 0.3 is 5.97 Å². The number of carbonyl (C=O) groups excluding carboxylic acids is 1. The molecule has 35 heavy (non-hydrogen) atoms. The molecule has 12 heteroatoms. The lowest BCUT2D eigenvalue weighted by atomic mass is 9.96. The Balaban J connectivity index is 1.50. The van der Waals surface area contributed by atoms with Crippen LogP contribution >= 0.6 is 23.6 Å². The largest absolute Gasteiger partial charge is 0.465 e. The van der Waals surface area contributed by atoms with Gasteiger partial charge in [0.2, 0.25) is 0 Å². The lowest BCUT2D eigenvalue weighted by Gasteiger charge is -2.11. The monoisotopic (exact) mass is 526 g/mol. The third-order valence-electron chi connectivity index (χ3n) is 5.69. The van der Waals surface area contributed by atoms with Crippen molar-refractivity contribution >= 4 is 45.5 Å². The molecule has 186 valence electrons. The highest BCUT2D eigenvalue weighted by atomic mass is 32.1. The van der Waals surface area contributed by atoms with Crippen molar-refractivity contribution in [1.29, 1.82) is 0 Å². The summed E-state index contributed by atoms with van der Waals surface area (Å²) in [5.41, 5.74) is 0.683. The number of halogens is 4. The number of thiocarbonyl (C=S) groups is 1. The van der Waals surface area contributed by atoms with Crippen molar-refractivity contribution in [2.45, 2.75) is 45.1 Å². The SMILES string of the molecule is COC(=O)c1c(NC(=S)Nc2ccn(Cc3c(F)c(F)cc(F)c3F)n2)sc2c1CCCCCC2. The van der Waals surface area contributed by atoms with Crippen LogP contribution in [0.15, 0.2) is 18.3 Å². The van der Waals surface area contributed by atoms with Crippen molar-refractivity contribution in [3.63, 3.8) is 0 Å². The number of nitrogens with zero attached hydrogens (tertiary/aromatic N) is 2. The molecule has 0 unspecified atom stereocenters. The zero-order valence-electron chi connectivity index (χ0n) is 18.7. The molecule has 0 fully saturated rings. The molecule has 1 aliphatic rings. The van der Waals surface area contributed by atoms with E-state index in [4.69, 9.17) is 17.0 Å². The van der Waals surface area contributed by atoms with Gasteiger partial charge in [-0.05, 0) is 43.5 Å². The number of esters is 1. The molecule has 0 amide bonds. The van der Waals surface area contributed by atoms with E-state index in [1.165, 1.54) is 30.7 Å². The number of hydrogen-bond donors (Lipinski definition) is 2. The van der Waals surface area contributed by atoms with Gasteiger partial charge in [-0.25, -0.2) is 22.4 Å². The minimum Gasteiger partial charge on any atom is -0.465 e. The van der Waals surface area contributed by atoms with Gasteiger partial charge in [-0.1, -0.05) is 12.8 Å². The van der Waals surface area contributed by atoms with Crippen LogP contribution in [-0.4, -0.2) is 28.0 Å². The Morgan fingerprint density at radius 3 is 2.49 bits per heavy atom. The van der Waals surface area contributed by atoms with E-state index in [2.05, 4.69) is 15.7 Å². The number of nitrogens with one attached hydrogen (secondary N) is 2. The lowest BCUT2D eigenvalue weighted by Crippen LogP contribution is -2.21. The normalized spacial score (nSPS) is 13.5. The second kappa shape index (κ2) is 10.7. The molecule has 3 aromatic rings.